The summed E-state index contributed by atoms with van der Waals surface area (Å²) in [6.45, 7) is 3.81. The zero-order valence-electron chi connectivity index (χ0n) is 9.45. The Kier molecular flexibility index (Phi) is 3.21. The third kappa shape index (κ3) is 2.65. The van der Waals surface area contributed by atoms with Crippen molar-refractivity contribution in [1.29, 1.82) is 0 Å². The van der Waals surface area contributed by atoms with Crippen molar-refractivity contribution in [3.8, 4) is 0 Å². The molecular formula is C12H12F3NS. The number of aliphatic imine (C=N–C) groups is 1. The van der Waals surface area contributed by atoms with Crippen LogP contribution in [0.25, 0.3) is 0 Å². The first-order valence-electron chi connectivity index (χ1n) is 5.26. The summed E-state index contributed by atoms with van der Waals surface area (Å²) in [6, 6.07) is 5.55. The molecule has 1 aliphatic rings. The molecule has 0 spiro atoms. The van der Waals surface area contributed by atoms with E-state index >= 15 is 0 Å². The average Bonchev–Trinajstić information content (AvgIpc) is 2.57. The molecule has 1 aromatic carbocycles. The minimum Gasteiger partial charge on any atom is -0.279 e. The highest BCUT2D eigenvalue weighted by Gasteiger charge is 2.32. The van der Waals surface area contributed by atoms with Crippen molar-refractivity contribution in [1.82, 2.24) is 0 Å². The van der Waals surface area contributed by atoms with Gasteiger partial charge in [0.1, 0.15) is 0 Å². The largest absolute Gasteiger partial charge is 0.416 e. The fourth-order valence-corrected chi connectivity index (χ4v) is 3.04. The predicted octanol–water partition coefficient (Wildman–Crippen LogP) is 4.30. The van der Waals surface area contributed by atoms with E-state index in [1.54, 1.807) is 6.07 Å². The lowest BCUT2D eigenvalue weighted by molar-refractivity contribution is -0.137. The summed E-state index contributed by atoms with van der Waals surface area (Å²) in [6.07, 6.45) is -4.28. The molecule has 0 saturated carbocycles. The monoisotopic (exact) mass is 259 g/mol. The SMILES string of the molecule is CC1=N[C@H](C)C(c2cccc(C(F)(F)F)c2)S1. The highest BCUT2D eigenvalue weighted by molar-refractivity contribution is 8.14. The molecule has 1 nitrogen and oxygen atoms in total. The highest BCUT2D eigenvalue weighted by atomic mass is 32.2. The topological polar surface area (TPSA) is 12.4 Å². The Morgan fingerprint density at radius 2 is 2.00 bits per heavy atom. The summed E-state index contributed by atoms with van der Waals surface area (Å²) < 4.78 is 37.8. The molecule has 1 aliphatic heterocycles. The Balaban J connectivity index is 2.29. The van der Waals surface area contributed by atoms with E-state index in [9.17, 15) is 13.2 Å². The van der Waals surface area contributed by atoms with Gasteiger partial charge >= 0.3 is 6.18 Å². The molecule has 2 atom stereocenters. The predicted molar refractivity (Wildman–Crippen MR) is 64.3 cm³/mol. The normalized spacial score (nSPS) is 24.9. The maximum absolute atomic E-state index is 12.6. The molecule has 0 saturated heterocycles. The molecule has 2 rings (SSSR count). The fourth-order valence-electron chi connectivity index (χ4n) is 1.91. The van der Waals surface area contributed by atoms with Crippen LogP contribution in [-0.2, 0) is 6.18 Å². The number of benzene rings is 1. The van der Waals surface area contributed by atoms with Crippen LogP contribution in [0.5, 0.6) is 0 Å². The van der Waals surface area contributed by atoms with Gasteiger partial charge in [-0.3, -0.25) is 4.99 Å². The van der Waals surface area contributed by atoms with Crippen LogP contribution in [-0.4, -0.2) is 11.1 Å². The Morgan fingerprint density at radius 3 is 2.53 bits per heavy atom. The minimum absolute atomic E-state index is 0.00250. The minimum atomic E-state index is -4.28. The number of hydrogen-bond acceptors (Lipinski definition) is 2. The van der Waals surface area contributed by atoms with Crippen LogP contribution in [0.2, 0.25) is 0 Å². The number of halogens is 3. The van der Waals surface area contributed by atoms with E-state index in [2.05, 4.69) is 4.99 Å². The van der Waals surface area contributed by atoms with Gasteiger partial charge in [-0.05, 0) is 25.5 Å². The molecule has 0 radical (unpaired) electrons. The molecule has 0 aromatic heterocycles. The van der Waals surface area contributed by atoms with Crippen LogP contribution in [0.15, 0.2) is 29.3 Å². The van der Waals surface area contributed by atoms with Crippen molar-refractivity contribution in [2.75, 3.05) is 0 Å². The van der Waals surface area contributed by atoms with Crippen LogP contribution in [0.4, 0.5) is 13.2 Å². The average molecular weight is 259 g/mol. The van der Waals surface area contributed by atoms with E-state index in [0.717, 1.165) is 11.1 Å². The summed E-state index contributed by atoms with van der Waals surface area (Å²) in [4.78, 5) is 4.34. The lowest BCUT2D eigenvalue weighted by atomic mass is 10.0. The molecule has 92 valence electrons. The maximum Gasteiger partial charge on any atom is 0.416 e. The smallest absolute Gasteiger partial charge is 0.279 e. The van der Waals surface area contributed by atoms with Crippen LogP contribution in [0, 0.1) is 0 Å². The zero-order valence-corrected chi connectivity index (χ0v) is 10.3. The standard InChI is InChI=1S/C12H12F3NS/c1-7-11(17-8(2)16-7)9-4-3-5-10(6-9)12(13,14)15/h3-7,11H,1-2H3/t7-,11?/m1/s1. The zero-order chi connectivity index (χ0) is 12.6. The number of rotatable bonds is 1. The van der Waals surface area contributed by atoms with Gasteiger partial charge in [0, 0.05) is 0 Å². The van der Waals surface area contributed by atoms with Gasteiger partial charge in [-0.25, -0.2) is 0 Å². The third-order valence-electron chi connectivity index (χ3n) is 2.66. The van der Waals surface area contributed by atoms with Crippen LogP contribution >= 0.6 is 11.8 Å². The lowest BCUT2D eigenvalue weighted by Gasteiger charge is -2.15. The van der Waals surface area contributed by atoms with Crippen LogP contribution in [0.3, 0.4) is 0 Å². The van der Waals surface area contributed by atoms with Crippen molar-refractivity contribution in [3.63, 3.8) is 0 Å². The fraction of sp³-hybridized carbons (Fsp3) is 0.417. The molecule has 1 aromatic rings. The van der Waals surface area contributed by atoms with Gasteiger partial charge in [0.15, 0.2) is 0 Å². The Labute approximate surface area is 102 Å². The first kappa shape index (κ1) is 12.5. The van der Waals surface area contributed by atoms with Crippen molar-refractivity contribution < 1.29 is 13.2 Å². The quantitative estimate of drug-likeness (QED) is 0.732. The van der Waals surface area contributed by atoms with Gasteiger partial charge in [-0.1, -0.05) is 18.2 Å². The molecule has 1 heterocycles. The van der Waals surface area contributed by atoms with Crippen molar-refractivity contribution in [2.24, 2.45) is 4.99 Å². The van der Waals surface area contributed by atoms with Crippen molar-refractivity contribution >= 4 is 16.8 Å². The number of hydrogen-bond donors (Lipinski definition) is 0. The second-order valence-corrected chi connectivity index (χ2v) is 5.38. The molecule has 0 amide bonds. The van der Waals surface area contributed by atoms with Crippen molar-refractivity contribution in [3.05, 3.63) is 35.4 Å². The summed E-state index contributed by atoms with van der Waals surface area (Å²) in [5.74, 6) is 0. The first-order chi connectivity index (χ1) is 7.88. The molecule has 0 fully saturated rings. The molecule has 1 unspecified atom stereocenters. The molecular weight excluding hydrogens is 247 g/mol. The molecule has 5 heteroatoms. The lowest BCUT2D eigenvalue weighted by Crippen LogP contribution is -2.09. The summed E-state index contributed by atoms with van der Waals surface area (Å²) in [7, 11) is 0. The maximum atomic E-state index is 12.6. The number of nitrogens with zero attached hydrogens (tertiary/aromatic N) is 1. The van der Waals surface area contributed by atoms with Crippen LogP contribution < -0.4 is 0 Å². The van der Waals surface area contributed by atoms with E-state index in [-0.39, 0.29) is 11.3 Å². The van der Waals surface area contributed by atoms with E-state index in [4.69, 9.17) is 0 Å². The number of thioether (sulfide) groups is 1. The molecule has 0 aliphatic carbocycles. The Bertz CT molecular complexity index is 453. The molecule has 17 heavy (non-hydrogen) atoms. The Morgan fingerprint density at radius 1 is 1.29 bits per heavy atom. The van der Waals surface area contributed by atoms with Gasteiger partial charge < -0.3 is 0 Å². The van der Waals surface area contributed by atoms with E-state index in [1.807, 2.05) is 13.8 Å². The highest BCUT2D eigenvalue weighted by Crippen LogP contribution is 2.41. The van der Waals surface area contributed by atoms with Gasteiger partial charge in [-0.15, -0.1) is 11.8 Å². The van der Waals surface area contributed by atoms with E-state index in [0.29, 0.717) is 5.56 Å². The van der Waals surface area contributed by atoms with Gasteiger partial charge in [0.2, 0.25) is 0 Å². The second kappa shape index (κ2) is 4.37. The second-order valence-electron chi connectivity index (χ2n) is 4.05. The van der Waals surface area contributed by atoms with Gasteiger partial charge in [0.25, 0.3) is 0 Å². The number of alkyl halides is 3. The van der Waals surface area contributed by atoms with Gasteiger partial charge in [0.05, 0.1) is 21.9 Å². The molecule has 0 N–H and O–H groups in total. The summed E-state index contributed by atoms with van der Waals surface area (Å²) in [5.41, 5.74) is 0.102. The first-order valence-corrected chi connectivity index (χ1v) is 6.14. The van der Waals surface area contributed by atoms with E-state index in [1.165, 1.54) is 23.9 Å². The van der Waals surface area contributed by atoms with Crippen LogP contribution in [0.1, 0.15) is 30.2 Å². The summed E-state index contributed by atoms with van der Waals surface area (Å²) >= 11 is 1.53. The van der Waals surface area contributed by atoms with Gasteiger partial charge in [-0.2, -0.15) is 13.2 Å². The third-order valence-corrected chi connectivity index (χ3v) is 4.03. The summed E-state index contributed by atoms with van der Waals surface area (Å²) in [5, 5.41) is 0.928. The molecule has 0 bridgehead atoms. The van der Waals surface area contributed by atoms with Crippen molar-refractivity contribution in [2.45, 2.75) is 31.3 Å². The van der Waals surface area contributed by atoms with E-state index < -0.39 is 11.7 Å². The Hall–Kier alpha value is -0.970.